The summed E-state index contributed by atoms with van der Waals surface area (Å²) in [5.41, 5.74) is 2.64. The van der Waals surface area contributed by atoms with Gasteiger partial charge < -0.3 is 20.4 Å². The second kappa shape index (κ2) is 5.50. The van der Waals surface area contributed by atoms with Gasteiger partial charge in [0.25, 0.3) is 0 Å². The Hall–Kier alpha value is -2.08. The number of benzene rings is 1. The third kappa shape index (κ3) is 3.08. The number of nitrogens with one attached hydrogen (secondary N) is 1. The molecule has 1 unspecified atom stereocenters. The zero-order valence-electron chi connectivity index (χ0n) is 11.5. The van der Waals surface area contributed by atoms with Crippen LogP contribution in [0, 0.1) is 13.8 Å². The fraction of sp³-hybridized carbons (Fsp3) is 0.429. The highest BCUT2D eigenvalue weighted by atomic mass is 16.4. The van der Waals surface area contributed by atoms with E-state index in [1.165, 1.54) is 0 Å². The average Bonchev–Trinajstić information content (AvgIpc) is 2.70. The fourth-order valence-corrected chi connectivity index (χ4v) is 2.51. The molecule has 0 aromatic heterocycles. The number of hydrogen-bond donors (Lipinski definition) is 3. The van der Waals surface area contributed by atoms with Gasteiger partial charge in [-0.25, -0.2) is 9.59 Å². The summed E-state index contributed by atoms with van der Waals surface area (Å²) in [7, 11) is 0. The number of carboxylic acid groups (broad SMARTS) is 1. The number of aryl methyl sites for hydroxylation is 2. The summed E-state index contributed by atoms with van der Waals surface area (Å²) in [6, 6.07) is 4.13. The molecule has 2 rings (SSSR count). The number of hydrogen-bond acceptors (Lipinski definition) is 3. The standard InChI is InChI=1S/C14H18N2O4/c1-8-3-9(2)5-10(4-8)15-14(20)16-7-11(17)6-12(16)13(18)19/h3-5,11-12,17H,6-7H2,1-2H3,(H,15,20)(H,18,19)/t11?,12-/m0/s1. The van der Waals surface area contributed by atoms with E-state index in [1.807, 2.05) is 32.0 Å². The van der Waals surface area contributed by atoms with E-state index in [4.69, 9.17) is 5.11 Å². The van der Waals surface area contributed by atoms with Crippen molar-refractivity contribution in [3.8, 4) is 0 Å². The van der Waals surface area contributed by atoms with Crippen molar-refractivity contribution >= 4 is 17.7 Å². The monoisotopic (exact) mass is 278 g/mol. The third-order valence-corrected chi connectivity index (χ3v) is 3.30. The Morgan fingerprint density at radius 3 is 2.40 bits per heavy atom. The number of nitrogens with zero attached hydrogens (tertiary/aromatic N) is 1. The van der Waals surface area contributed by atoms with E-state index in [1.54, 1.807) is 0 Å². The zero-order valence-corrected chi connectivity index (χ0v) is 11.5. The minimum Gasteiger partial charge on any atom is -0.480 e. The maximum atomic E-state index is 12.1. The molecule has 2 atom stereocenters. The number of aliphatic carboxylic acids is 1. The van der Waals surface area contributed by atoms with Gasteiger partial charge in [0.05, 0.1) is 6.10 Å². The number of amides is 2. The van der Waals surface area contributed by atoms with Crippen LogP contribution >= 0.6 is 0 Å². The molecule has 0 bridgehead atoms. The molecule has 1 aliphatic heterocycles. The molecule has 1 aromatic rings. The Bertz CT molecular complexity index is 524. The lowest BCUT2D eigenvalue weighted by Gasteiger charge is -2.21. The van der Waals surface area contributed by atoms with Crippen molar-refractivity contribution < 1.29 is 19.8 Å². The third-order valence-electron chi connectivity index (χ3n) is 3.30. The van der Waals surface area contributed by atoms with Gasteiger partial charge in [-0.2, -0.15) is 0 Å². The van der Waals surface area contributed by atoms with Crippen molar-refractivity contribution in [3.63, 3.8) is 0 Å². The van der Waals surface area contributed by atoms with E-state index < -0.39 is 24.1 Å². The Balaban J connectivity index is 2.13. The van der Waals surface area contributed by atoms with Crippen LogP contribution in [0.2, 0.25) is 0 Å². The number of rotatable bonds is 2. The predicted octanol–water partition coefficient (Wildman–Crippen LogP) is 1.36. The summed E-state index contributed by atoms with van der Waals surface area (Å²) in [6.45, 7) is 3.87. The summed E-state index contributed by atoms with van der Waals surface area (Å²) in [4.78, 5) is 24.4. The predicted molar refractivity (Wildman–Crippen MR) is 73.7 cm³/mol. The summed E-state index contributed by atoms with van der Waals surface area (Å²) < 4.78 is 0. The van der Waals surface area contributed by atoms with Crippen LogP contribution in [0.3, 0.4) is 0 Å². The molecule has 1 heterocycles. The molecular weight excluding hydrogens is 260 g/mol. The molecule has 3 N–H and O–H groups in total. The van der Waals surface area contributed by atoms with Gasteiger partial charge in [0, 0.05) is 18.7 Å². The lowest BCUT2D eigenvalue weighted by molar-refractivity contribution is -0.141. The van der Waals surface area contributed by atoms with E-state index >= 15 is 0 Å². The van der Waals surface area contributed by atoms with Crippen LogP contribution < -0.4 is 5.32 Å². The number of urea groups is 1. The minimum absolute atomic E-state index is 0.0353. The van der Waals surface area contributed by atoms with Crippen LogP contribution in [-0.2, 0) is 4.79 Å². The second-order valence-corrected chi connectivity index (χ2v) is 5.20. The number of aliphatic hydroxyl groups is 1. The number of carbonyl (C=O) groups excluding carboxylic acids is 1. The van der Waals surface area contributed by atoms with Crippen molar-refractivity contribution in [2.45, 2.75) is 32.4 Å². The summed E-state index contributed by atoms with van der Waals surface area (Å²) in [6.07, 6.45) is -0.726. The number of β-amino-alcohol motifs (C(OH)–C–C–N with tert-alkyl or cyclic N) is 1. The summed E-state index contributed by atoms with van der Waals surface area (Å²) in [5, 5.41) is 21.3. The van der Waals surface area contributed by atoms with Crippen molar-refractivity contribution in [3.05, 3.63) is 29.3 Å². The zero-order chi connectivity index (χ0) is 14.9. The Morgan fingerprint density at radius 1 is 1.25 bits per heavy atom. The first-order valence-electron chi connectivity index (χ1n) is 6.43. The molecule has 0 spiro atoms. The number of carbonyl (C=O) groups is 2. The number of carboxylic acids is 1. The van der Waals surface area contributed by atoms with E-state index in [9.17, 15) is 14.7 Å². The topological polar surface area (TPSA) is 89.9 Å². The first-order valence-corrected chi connectivity index (χ1v) is 6.43. The molecule has 20 heavy (non-hydrogen) atoms. The maximum Gasteiger partial charge on any atom is 0.326 e. The maximum absolute atomic E-state index is 12.1. The van der Waals surface area contributed by atoms with Gasteiger partial charge in [-0.05, 0) is 37.1 Å². The first kappa shape index (κ1) is 14.3. The van der Waals surface area contributed by atoms with Crippen LogP contribution in [0.25, 0.3) is 0 Å². The quantitative estimate of drug-likeness (QED) is 0.762. The molecule has 1 aliphatic rings. The molecule has 2 amide bonds. The highest BCUT2D eigenvalue weighted by Gasteiger charge is 2.38. The Morgan fingerprint density at radius 2 is 1.85 bits per heavy atom. The average molecular weight is 278 g/mol. The minimum atomic E-state index is -1.10. The molecule has 108 valence electrons. The van der Waals surface area contributed by atoms with Crippen LogP contribution in [0.5, 0.6) is 0 Å². The lowest BCUT2D eigenvalue weighted by Crippen LogP contribution is -2.43. The van der Waals surface area contributed by atoms with Crippen molar-refractivity contribution in [2.24, 2.45) is 0 Å². The molecule has 0 saturated carbocycles. The van der Waals surface area contributed by atoms with Gasteiger partial charge >= 0.3 is 12.0 Å². The van der Waals surface area contributed by atoms with E-state index in [-0.39, 0.29) is 13.0 Å². The molecule has 6 nitrogen and oxygen atoms in total. The number of anilines is 1. The number of aliphatic hydroxyl groups excluding tert-OH is 1. The van der Waals surface area contributed by atoms with Gasteiger partial charge in [0.15, 0.2) is 0 Å². The lowest BCUT2D eigenvalue weighted by atomic mass is 10.1. The van der Waals surface area contributed by atoms with Gasteiger partial charge in [-0.3, -0.25) is 0 Å². The second-order valence-electron chi connectivity index (χ2n) is 5.20. The summed E-state index contributed by atoms with van der Waals surface area (Å²) in [5.74, 6) is -1.10. The van der Waals surface area contributed by atoms with Crippen LogP contribution in [0.15, 0.2) is 18.2 Å². The van der Waals surface area contributed by atoms with Crippen molar-refractivity contribution in [2.75, 3.05) is 11.9 Å². The highest BCUT2D eigenvalue weighted by molar-refractivity contribution is 5.93. The van der Waals surface area contributed by atoms with Crippen LogP contribution in [-0.4, -0.2) is 45.8 Å². The molecule has 1 saturated heterocycles. The Kier molecular flexibility index (Phi) is 3.94. The van der Waals surface area contributed by atoms with Crippen molar-refractivity contribution in [1.82, 2.24) is 4.90 Å². The van der Waals surface area contributed by atoms with E-state index in [0.717, 1.165) is 16.0 Å². The van der Waals surface area contributed by atoms with Crippen LogP contribution in [0.1, 0.15) is 17.5 Å². The van der Waals surface area contributed by atoms with Gasteiger partial charge in [0.2, 0.25) is 0 Å². The molecule has 0 radical (unpaired) electrons. The molecule has 1 aromatic carbocycles. The first-order chi connectivity index (χ1) is 9.36. The highest BCUT2D eigenvalue weighted by Crippen LogP contribution is 2.20. The van der Waals surface area contributed by atoms with E-state index in [2.05, 4.69) is 5.32 Å². The molecular formula is C14H18N2O4. The van der Waals surface area contributed by atoms with E-state index in [0.29, 0.717) is 5.69 Å². The van der Waals surface area contributed by atoms with Gasteiger partial charge in [-0.15, -0.1) is 0 Å². The molecule has 0 aliphatic carbocycles. The van der Waals surface area contributed by atoms with Crippen molar-refractivity contribution in [1.29, 1.82) is 0 Å². The summed E-state index contributed by atoms with van der Waals surface area (Å²) >= 11 is 0. The normalized spacial score (nSPS) is 21.9. The molecule has 1 fully saturated rings. The number of likely N-dealkylation sites (tertiary alicyclic amines) is 1. The SMILES string of the molecule is Cc1cc(C)cc(NC(=O)N2CC(O)C[C@H]2C(=O)O)c1. The Labute approximate surface area is 117 Å². The van der Waals surface area contributed by atoms with Gasteiger partial charge in [0.1, 0.15) is 6.04 Å². The largest absolute Gasteiger partial charge is 0.480 e. The van der Waals surface area contributed by atoms with Gasteiger partial charge in [-0.1, -0.05) is 6.07 Å². The molecule has 6 heteroatoms. The van der Waals surface area contributed by atoms with Crippen LogP contribution in [0.4, 0.5) is 10.5 Å². The smallest absolute Gasteiger partial charge is 0.326 e. The fourth-order valence-electron chi connectivity index (χ4n) is 2.51.